The maximum absolute atomic E-state index is 9.56. The average molecular weight is 181 g/mol. The summed E-state index contributed by atoms with van der Waals surface area (Å²) in [6.45, 7) is 6.21. The molecule has 0 N–H and O–H groups in total. The summed E-state index contributed by atoms with van der Waals surface area (Å²) >= 11 is 5.41. The van der Waals surface area contributed by atoms with Gasteiger partial charge < -0.3 is 4.79 Å². The number of hydrogen-bond acceptors (Lipinski definition) is 1. The maximum Gasteiger partial charge on any atom is 0.134 e. The molecular formula is C7H17ClOSi. The van der Waals surface area contributed by atoms with Crippen molar-refractivity contribution >= 4 is 25.5 Å². The summed E-state index contributed by atoms with van der Waals surface area (Å²) in [5.41, 5.74) is 0. The topological polar surface area (TPSA) is 17.1 Å². The smallest absolute Gasteiger partial charge is 0.134 e. The van der Waals surface area contributed by atoms with E-state index in [1.54, 1.807) is 0 Å². The minimum absolute atomic E-state index is 0.667. The van der Waals surface area contributed by atoms with Crippen LogP contribution in [0.25, 0.3) is 0 Å². The van der Waals surface area contributed by atoms with Crippen LogP contribution in [0, 0.1) is 0 Å². The van der Waals surface area contributed by atoms with Crippen LogP contribution in [-0.4, -0.2) is 14.4 Å². The van der Waals surface area contributed by atoms with E-state index >= 15 is 0 Å². The first kappa shape index (κ1) is 12.8. The second kappa shape index (κ2) is 11.9. The predicted molar refractivity (Wildman–Crippen MR) is 50.3 cm³/mol. The Morgan fingerprint density at radius 1 is 1.50 bits per heavy atom. The first-order chi connectivity index (χ1) is 4.65. The maximum atomic E-state index is 9.56. The number of aldehydes is 1. The van der Waals surface area contributed by atoms with Crippen molar-refractivity contribution in [3.05, 3.63) is 0 Å². The van der Waals surface area contributed by atoms with E-state index in [2.05, 4.69) is 20.0 Å². The van der Waals surface area contributed by atoms with Gasteiger partial charge in [-0.1, -0.05) is 26.4 Å². The van der Waals surface area contributed by atoms with E-state index in [1.165, 1.54) is 0 Å². The molecule has 0 aromatic heterocycles. The minimum Gasteiger partial charge on any atom is -0.303 e. The van der Waals surface area contributed by atoms with Crippen molar-refractivity contribution in [2.45, 2.75) is 39.3 Å². The van der Waals surface area contributed by atoms with Crippen LogP contribution in [0.4, 0.5) is 0 Å². The summed E-state index contributed by atoms with van der Waals surface area (Å²) in [4.78, 5) is 9.56. The summed E-state index contributed by atoms with van der Waals surface area (Å²) < 4.78 is 0. The second-order valence-electron chi connectivity index (χ2n) is 2.32. The predicted octanol–water partition coefficient (Wildman–Crippen LogP) is 2.58. The van der Waals surface area contributed by atoms with Gasteiger partial charge in [-0.15, -0.1) is 0 Å². The lowest BCUT2D eigenvalue weighted by Crippen LogP contribution is -1.78. The molecule has 0 bridgehead atoms. The van der Waals surface area contributed by atoms with Crippen molar-refractivity contribution in [2.24, 2.45) is 0 Å². The average Bonchev–Trinajstić information content (AvgIpc) is 1.82. The van der Waals surface area contributed by atoms with E-state index in [1.807, 2.05) is 0 Å². The van der Waals surface area contributed by atoms with Gasteiger partial charge in [-0.3, -0.25) is 0 Å². The molecule has 0 radical (unpaired) electrons. The summed E-state index contributed by atoms with van der Waals surface area (Å²) in [5.74, 6) is 0. The minimum atomic E-state index is -0.667. The number of halogens is 1. The molecule has 0 rings (SSSR count). The first-order valence-corrected chi connectivity index (χ1v) is 7.78. The Morgan fingerprint density at radius 2 is 1.90 bits per heavy atom. The molecular weight excluding hydrogens is 164 g/mol. The zero-order valence-electron chi connectivity index (χ0n) is 7.06. The Balaban J connectivity index is 0. The van der Waals surface area contributed by atoms with E-state index in [-0.39, 0.29) is 0 Å². The molecule has 0 aliphatic heterocycles. The van der Waals surface area contributed by atoms with Gasteiger partial charge in [-0.25, -0.2) is 0 Å². The molecule has 0 atom stereocenters. The SMILES string of the molecule is CCCCC=O.C[SiH](C)Cl. The van der Waals surface area contributed by atoms with E-state index in [0.717, 1.165) is 25.5 Å². The molecule has 0 fully saturated rings. The highest BCUT2D eigenvalue weighted by molar-refractivity contribution is 7.05. The standard InChI is InChI=1S/C5H10O.C2H7ClSi/c1-2-3-4-5-6;1-4(2)3/h5H,2-4H2,1H3;4H,1-2H3. The lowest BCUT2D eigenvalue weighted by Gasteiger charge is -1.79. The van der Waals surface area contributed by atoms with Gasteiger partial charge in [0.25, 0.3) is 0 Å². The van der Waals surface area contributed by atoms with E-state index in [0.29, 0.717) is 0 Å². The number of carbonyl (C=O) groups excluding carboxylic acids is 1. The molecule has 0 amide bonds. The van der Waals surface area contributed by atoms with E-state index in [9.17, 15) is 4.79 Å². The van der Waals surface area contributed by atoms with Gasteiger partial charge in [0.1, 0.15) is 14.4 Å². The van der Waals surface area contributed by atoms with Crippen LogP contribution in [0.1, 0.15) is 26.2 Å². The molecule has 0 aliphatic carbocycles. The normalized spacial score (nSPS) is 8.50. The molecule has 0 aromatic rings. The first-order valence-electron chi connectivity index (χ1n) is 3.72. The van der Waals surface area contributed by atoms with Gasteiger partial charge >= 0.3 is 0 Å². The highest BCUT2D eigenvalue weighted by atomic mass is 35.6. The Labute approximate surface area is 70.1 Å². The molecule has 0 saturated carbocycles. The van der Waals surface area contributed by atoms with Crippen molar-refractivity contribution in [1.29, 1.82) is 0 Å². The Bertz CT molecular complexity index is 63.9. The molecule has 0 heterocycles. The van der Waals surface area contributed by atoms with Crippen LogP contribution < -0.4 is 0 Å². The van der Waals surface area contributed by atoms with E-state index < -0.39 is 8.11 Å². The van der Waals surface area contributed by atoms with Crippen LogP contribution in [0.3, 0.4) is 0 Å². The van der Waals surface area contributed by atoms with Crippen molar-refractivity contribution in [3.8, 4) is 0 Å². The van der Waals surface area contributed by atoms with Gasteiger partial charge in [0.05, 0.1) is 0 Å². The Morgan fingerprint density at radius 3 is 2.00 bits per heavy atom. The number of hydrogen-bond donors (Lipinski definition) is 0. The van der Waals surface area contributed by atoms with Crippen molar-refractivity contribution in [1.82, 2.24) is 0 Å². The monoisotopic (exact) mass is 180 g/mol. The van der Waals surface area contributed by atoms with Crippen LogP contribution >= 0.6 is 11.1 Å². The fraction of sp³-hybridized carbons (Fsp3) is 0.857. The molecule has 0 saturated heterocycles. The third kappa shape index (κ3) is 41.7. The van der Waals surface area contributed by atoms with Gasteiger partial charge in [0.2, 0.25) is 0 Å². The molecule has 0 aromatic carbocycles. The third-order valence-corrected chi connectivity index (χ3v) is 0.676. The van der Waals surface area contributed by atoms with Crippen molar-refractivity contribution in [2.75, 3.05) is 0 Å². The van der Waals surface area contributed by atoms with Crippen LogP contribution in [0.15, 0.2) is 0 Å². The third-order valence-electron chi connectivity index (χ3n) is 0.676. The molecule has 0 unspecified atom stereocenters. The molecule has 0 aliphatic rings. The van der Waals surface area contributed by atoms with Crippen molar-refractivity contribution < 1.29 is 4.79 Å². The lowest BCUT2D eigenvalue weighted by atomic mass is 10.3. The fourth-order valence-corrected chi connectivity index (χ4v) is 0.287. The molecule has 0 spiro atoms. The number of unbranched alkanes of at least 4 members (excludes halogenated alkanes) is 2. The van der Waals surface area contributed by atoms with E-state index in [4.69, 9.17) is 11.1 Å². The van der Waals surface area contributed by atoms with Gasteiger partial charge in [0, 0.05) is 6.42 Å². The molecule has 10 heavy (non-hydrogen) atoms. The lowest BCUT2D eigenvalue weighted by molar-refractivity contribution is -0.107. The van der Waals surface area contributed by atoms with Crippen LogP contribution in [0.5, 0.6) is 0 Å². The van der Waals surface area contributed by atoms with Gasteiger partial charge in [0.15, 0.2) is 0 Å². The quantitative estimate of drug-likeness (QED) is 0.283. The summed E-state index contributed by atoms with van der Waals surface area (Å²) in [6.07, 6.45) is 3.86. The summed E-state index contributed by atoms with van der Waals surface area (Å²) in [5, 5.41) is 0. The fourth-order valence-electron chi connectivity index (χ4n) is 0.287. The highest BCUT2D eigenvalue weighted by Crippen LogP contribution is 1.87. The Hall–Kier alpha value is 0.177. The highest BCUT2D eigenvalue weighted by Gasteiger charge is 1.76. The Kier molecular flexibility index (Phi) is 15.3. The molecule has 62 valence electrons. The largest absolute Gasteiger partial charge is 0.303 e. The molecule has 3 heteroatoms. The zero-order chi connectivity index (χ0) is 8.41. The molecule has 1 nitrogen and oxygen atoms in total. The van der Waals surface area contributed by atoms with Crippen LogP contribution in [-0.2, 0) is 4.79 Å². The second-order valence-corrected chi connectivity index (χ2v) is 6.97. The number of rotatable bonds is 3. The zero-order valence-corrected chi connectivity index (χ0v) is 8.97. The summed E-state index contributed by atoms with van der Waals surface area (Å²) in [6, 6.07) is 0. The van der Waals surface area contributed by atoms with Crippen molar-refractivity contribution in [3.63, 3.8) is 0 Å². The van der Waals surface area contributed by atoms with Gasteiger partial charge in [-0.05, 0) is 6.42 Å². The summed E-state index contributed by atoms with van der Waals surface area (Å²) in [7, 11) is -0.667. The number of carbonyl (C=O) groups is 1. The van der Waals surface area contributed by atoms with Crippen LogP contribution in [0.2, 0.25) is 13.1 Å². The van der Waals surface area contributed by atoms with Gasteiger partial charge in [-0.2, -0.15) is 11.1 Å².